The molecule has 0 aliphatic carbocycles. The minimum absolute atomic E-state index is 0.00756. The van der Waals surface area contributed by atoms with E-state index in [9.17, 15) is 43.2 Å². The molecular weight excluding hydrogens is 1650 g/mol. The van der Waals surface area contributed by atoms with Crippen molar-refractivity contribution >= 4 is 178 Å². The summed E-state index contributed by atoms with van der Waals surface area (Å²) in [6.45, 7) is 33.8. The van der Waals surface area contributed by atoms with Gasteiger partial charge in [0.15, 0.2) is 17.2 Å². The number of anilines is 11. The van der Waals surface area contributed by atoms with Crippen LogP contribution in [0.4, 0.5) is 63.0 Å². The Morgan fingerprint density at radius 1 is 0.414 bits per heavy atom. The van der Waals surface area contributed by atoms with Crippen LogP contribution in [0.1, 0.15) is 160 Å². The van der Waals surface area contributed by atoms with Crippen molar-refractivity contribution in [2.24, 2.45) is 64.5 Å². The SMILES string of the molecule is CC(C)C(=O)Nc1ccc(C(=N)N)c(Cl)c1.CC(C)C(=O)Nc1ccc(C(=N)N)nc1.CC(C)C(=O)Nc1ccc2c(N)n[nH]c2c1.CC(C)C(=O)Nc1ccc2c(N)ncnc2c1.CC(C)C(=O)Nc1ccc2c(N)noc2c1.CC(C)C(=O)Nc1ccc2c(c1)CCNC2.CC(C)C(=O)Nc1ccc2c(c1)CNC2=O.Cc1cc(NC(=O)C(C)C)ccc1C(=N)N. The Labute approximate surface area is 748 Å². The number of halogens is 1. The molecule has 128 heavy (non-hydrogen) atoms. The van der Waals surface area contributed by atoms with Crippen molar-refractivity contribution < 1.29 is 47.7 Å². The molecule has 0 saturated heterocycles. The molecular formula is C92H118ClN25O10. The molecule has 35 nitrogen and oxygen atoms in total. The van der Waals surface area contributed by atoms with Gasteiger partial charge in [-0.1, -0.05) is 134 Å². The van der Waals surface area contributed by atoms with Crippen molar-refractivity contribution in [3.63, 3.8) is 0 Å². The van der Waals surface area contributed by atoms with E-state index in [-0.39, 0.29) is 118 Å². The summed E-state index contributed by atoms with van der Waals surface area (Å²) in [6.07, 6.45) is 3.93. The molecule has 0 bridgehead atoms. The van der Waals surface area contributed by atoms with Crippen LogP contribution in [-0.2, 0) is 57.9 Å². The van der Waals surface area contributed by atoms with Crippen LogP contribution in [0.25, 0.3) is 32.8 Å². The number of hydrogen-bond donors (Lipinski definition) is 20. The predicted octanol–water partition coefficient (Wildman–Crippen LogP) is 14.1. The Morgan fingerprint density at radius 3 is 1.30 bits per heavy atom. The Kier molecular flexibility index (Phi) is 38.7. The molecule has 2 aliphatic rings. The molecule has 9 amide bonds. The zero-order valence-electron chi connectivity index (χ0n) is 75.0. The summed E-state index contributed by atoms with van der Waals surface area (Å²) in [5, 5.41) is 63.3. The lowest BCUT2D eigenvalue weighted by molar-refractivity contribution is -0.119. The van der Waals surface area contributed by atoms with Gasteiger partial charge >= 0.3 is 0 Å². The smallest absolute Gasteiger partial charge is 0.251 e. The van der Waals surface area contributed by atoms with Gasteiger partial charge in [-0.3, -0.25) is 69.5 Å². The first-order valence-electron chi connectivity index (χ1n) is 41.3. The average Bonchev–Trinajstić information content (AvgIpc) is 1.64. The zero-order chi connectivity index (χ0) is 95.1. The number of H-pyrrole nitrogens is 1. The molecule has 2 aliphatic heterocycles. The van der Waals surface area contributed by atoms with Crippen LogP contribution in [-0.4, -0.2) is 108 Å². The number of carbonyl (C=O) groups is 9. The number of amides is 9. The topological polar surface area (TPSA) is 595 Å². The second-order valence-electron chi connectivity index (χ2n) is 32.2. The first-order chi connectivity index (χ1) is 60.3. The molecule has 0 unspecified atom stereocenters. The van der Waals surface area contributed by atoms with Gasteiger partial charge in [0.1, 0.15) is 35.3 Å². The van der Waals surface area contributed by atoms with Crippen molar-refractivity contribution in [1.82, 2.24) is 40.9 Å². The summed E-state index contributed by atoms with van der Waals surface area (Å²) in [6, 6.07) is 41.1. The Morgan fingerprint density at radius 2 is 0.828 bits per heavy atom. The van der Waals surface area contributed by atoms with Crippen LogP contribution >= 0.6 is 11.6 Å². The third-order valence-corrected chi connectivity index (χ3v) is 19.1. The van der Waals surface area contributed by atoms with Crippen molar-refractivity contribution in [3.8, 4) is 0 Å². The van der Waals surface area contributed by atoms with Crippen molar-refractivity contribution in [2.45, 2.75) is 137 Å². The van der Waals surface area contributed by atoms with E-state index in [4.69, 9.17) is 66.8 Å². The summed E-state index contributed by atoms with van der Waals surface area (Å²) in [5.74, 6) is 0.538. The van der Waals surface area contributed by atoms with E-state index >= 15 is 0 Å². The highest BCUT2D eigenvalue weighted by atomic mass is 35.5. The maximum Gasteiger partial charge on any atom is 0.251 e. The summed E-state index contributed by atoms with van der Waals surface area (Å²) < 4.78 is 5.01. The predicted molar refractivity (Wildman–Crippen MR) is 510 cm³/mol. The summed E-state index contributed by atoms with van der Waals surface area (Å²) >= 11 is 5.92. The van der Waals surface area contributed by atoms with E-state index in [0.29, 0.717) is 79.7 Å². The largest absolute Gasteiger partial charge is 0.384 e. The molecule has 11 aromatic rings. The average molecular weight is 1770 g/mol. The Hall–Kier alpha value is -14.7. The molecule has 0 saturated carbocycles. The fourth-order valence-electron chi connectivity index (χ4n) is 10.9. The number of rotatable bonds is 19. The second kappa shape index (κ2) is 48.5. The van der Waals surface area contributed by atoms with Crippen LogP contribution in [0, 0.1) is 70.5 Å². The molecule has 6 heterocycles. The standard InChI is InChI=1S/C13H18N2O.C12H14N4O.C12H17N3O.C12H14N2O2.C11H14ClN3O.C11H14N4O.C11H13N3O2.C10H14N4O/c1-9(2)13(16)15-12-4-3-11-8-14-6-5-10(11)7-12;1-7(2)12(17)16-8-3-4-9-10(5-8)14-6-15-11(9)13;1-7(2)12(16)15-9-4-5-10(11(13)14)8(3)6-9;1-7(2)11(15)14-9-3-4-10-8(5-9)6-13-12(10)16;1-6(2)11(16)15-7-3-4-8(10(13)14)9(12)5-7;1-6(2)11(16)13-7-3-4-8-9(5-7)14-15-10(8)12;1-6(2)11(15)13-7-3-4-8-9(5-7)16-14-10(8)12;1-6(2)10(15)14-7-3-4-8(9(11)12)13-5-7/h3-4,7,9,14H,5-6,8H2,1-2H3,(H,15,16);3-7H,1-2H3,(H,16,17)(H2,13,14,15);4-7H,1-3H3,(H3,13,14)(H,15,16);3-5,7H,6H2,1-2H3,(H,13,16)(H,14,15);3-6H,1-2H3,(H3,13,14)(H,15,16);3-6H,1-2H3,(H,13,16)(H3,12,14,15);3-6H,1-2H3,(H2,12,14)(H,13,15);3-6H,1-2H3,(H3,11,12)(H,14,15). The first kappa shape index (κ1) is 102. The minimum atomic E-state index is -0.0914. The van der Waals surface area contributed by atoms with E-state index in [1.165, 1.54) is 23.7 Å². The molecule has 0 fully saturated rings. The van der Waals surface area contributed by atoms with Gasteiger partial charge in [-0.2, -0.15) is 5.10 Å². The van der Waals surface area contributed by atoms with Gasteiger partial charge in [0.05, 0.1) is 33.3 Å². The number of fused-ring (bicyclic) bond motifs is 5. The highest BCUT2D eigenvalue weighted by Crippen LogP contribution is 2.28. The van der Waals surface area contributed by atoms with Gasteiger partial charge in [-0.05, 0) is 170 Å². The molecule has 36 heteroatoms. The van der Waals surface area contributed by atoms with Crippen LogP contribution in [0.5, 0.6) is 0 Å². The fraction of sp³-hybridized carbons (Fsp3) is 0.315. The lowest BCUT2D eigenvalue weighted by Crippen LogP contribution is -2.24. The lowest BCUT2D eigenvalue weighted by Gasteiger charge is -2.18. The van der Waals surface area contributed by atoms with Gasteiger partial charge in [0.2, 0.25) is 47.3 Å². The Bertz CT molecular complexity index is 5610. The zero-order valence-corrected chi connectivity index (χ0v) is 75.8. The molecule has 0 radical (unpaired) electrons. The van der Waals surface area contributed by atoms with Crippen LogP contribution < -0.4 is 87.6 Å². The fourth-order valence-corrected chi connectivity index (χ4v) is 11.2. The van der Waals surface area contributed by atoms with E-state index in [1.807, 2.05) is 140 Å². The molecule has 0 spiro atoms. The minimum Gasteiger partial charge on any atom is -0.384 e. The quantitative estimate of drug-likeness (QED) is 0.0264. The first-order valence-corrected chi connectivity index (χ1v) is 41.7. The van der Waals surface area contributed by atoms with E-state index in [1.54, 1.807) is 105 Å². The third kappa shape index (κ3) is 31.8. The molecule has 0 atom stereocenters. The van der Waals surface area contributed by atoms with Crippen molar-refractivity contribution in [1.29, 1.82) is 16.2 Å². The maximum atomic E-state index is 11.6. The normalized spacial score (nSPS) is 11.4. The van der Waals surface area contributed by atoms with Crippen LogP contribution in [0.2, 0.25) is 5.02 Å². The number of nitrogens with one attached hydrogen (secondary N) is 14. The molecule has 26 N–H and O–H groups in total. The number of aryl methyl sites for hydroxylation is 1. The number of nitrogens with two attached hydrogens (primary N) is 6. The Balaban J connectivity index is 0.000000226. The number of benzene rings is 7. The van der Waals surface area contributed by atoms with E-state index < -0.39 is 0 Å². The van der Waals surface area contributed by atoms with Crippen molar-refractivity contribution in [3.05, 3.63) is 202 Å². The summed E-state index contributed by atoms with van der Waals surface area (Å²) in [4.78, 5) is 115. The van der Waals surface area contributed by atoms with Gasteiger partial charge < -0.3 is 92.1 Å². The molecule has 4 aromatic heterocycles. The number of hydrogen-bond acceptors (Lipinski definition) is 22. The molecule has 13 rings (SSSR count). The molecule has 678 valence electrons. The maximum absolute atomic E-state index is 11.6. The highest BCUT2D eigenvalue weighted by Gasteiger charge is 2.21. The van der Waals surface area contributed by atoms with Crippen molar-refractivity contribution in [2.75, 3.05) is 66.3 Å². The monoisotopic (exact) mass is 1770 g/mol. The number of aromatic nitrogens is 6. The van der Waals surface area contributed by atoms with E-state index in [0.717, 1.165) is 80.6 Å². The van der Waals surface area contributed by atoms with Gasteiger partial charge in [-0.25, -0.2) is 9.97 Å². The number of nitrogen functional groups attached to an aromatic ring is 6. The van der Waals surface area contributed by atoms with Crippen LogP contribution in [0.3, 0.4) is 0 Å². The second-order valence-corrected chi connectivity index (χ2v) is 32.6. The number of aromatic amines is 1. The number of pyridine rings is 1. The summed E-state index contributed by atoms with van der Waals surface area (Å²) in [5.41, 5.74) is 47.6. The third-order valence-electron chi connectivity index (χ3n) is 18.8. The number of amidine groups is 3. The highest BCUT2D eigenvalue weighted by molar-refractivity contribution is 6.34. The van der Waals surface area contributed by atoms with Crippen LogP contribution in [0.15, 0.2) is 157 Å². The van der Waals surface area contributed by atoms with E-state index in [2.05, 4.69) is 95.6 Å². The van der Waals surface area contributed by atoms with Gasteiger partial charge in [-0.15, -0.1) is 0 Å². The number of carbonyl (C=O) groups excluding carboxylic acids is 9. The van der Waals surface area contributed by atoms with Gasteiger partial charge in [0, 0.05) is 134 Å². The number of nitrogens with zero attached hydrogens (tertiary/aromatic N) is 5. The van der Waals surface area contributed by atoms with Gasteiger partial charge in [0.25, 0.3) is 5.91 Å². The summed E-state index contributed by atoms with van der Waals surface area (Å²) in [7, 11) is 0. The lowest BCUT2D eigenvalue weighted by atomic mass is 10.0. The molecule has 7 aromatic carbocycles.